The molecule has 2 aromatic carbocycles. The molecular formula is C26H27N5O2. The minimum Gasteiger partial charge on any atom is -0.354 e. The molecule has 1 aromatic heterocycles. The molecular weight excluding hydrogens is 414 g/mol. The molecule has 0 saturated heterocycles. The van der Waals surface area contributed by atoms with Crippen molar-refractivity contribution in [2.45, 2.75) is 38.4 Å². The van der Waals surface area contributed by atoms with Gasteiger partial charge in [-0.25, -0.2) is 4.98 Å². The highest BCUT2D eigenvalue weighted by atomic mass is 16.2. The predicted molar refractivity (Wildman–Crippen MR) is 130 cm³/mol. The number of carbonyl (C=O) groups excluding carboxylic acids is 2. The van der Waals surface area contributed by atoms with E-state index in [0.29, 0.717) is 24.0 Å². The summed E-state index contributed by atoms with van der Waals surface area (Å²) < 4.78 is 0. The zero-order valence-electron chi connectivity index (χ0n) is 18.8. The Morgan fingerprint density at radius 1 is 1.06 bits per heavy atom. The van der Waals surface area contributed by atoms with Crippen LogP contribution < -0.4 is 20.4 Å². The summed E-state index contributed by atoms with van der Waals surface area (Å²) in [5, 5.41) is 6.34. The lowest BCUT2D eigenvalue weighted by atomic mass is 10.1. The molecule has 7 nitrogen and oxygen atoms in total. The van der Waals surface area contributed by atoms with Crippen LogP contribution in [0.1, 0.15) is 35.7 Å². The highest BCUT2D eigenvalue weighted by Gasteiger charge is 2.34. The van der Waals surface area contributed by atoms with Crippen LogP contribution in [-0.4, -0.2) is 35.9 Å². The maximum atomic E-state index is 12.8. The number of hydrogen-bond acceptors (Lipinski definition) is 5. The van der Waals surface area contributed by atoms with Gasteiger partial charge in [-0.2, -0.15) is 0 Å². The number of nitrogens with one attached hydrogen (secondary N) is 2. The summed E-state index contributed by atoms with van der Waals surface area (Å²) in [6.07, 6.45) is 3.83. The third-order valence-electron chi connectivity index (χ3n) is 6.19. The van der Waals surface area contributed by atoms with Gasteiger partial charge in [-0.15, -0.1) is 0 Å². The van der Waals surface area contributed by atoms with Crippen LogP contribution in [-0.2, 0) is 11.3 Å². The van der Waals surface area contributed by atoms with Gasteiger partial charge in [0.2, 0.25) is 5.91 Å². The summed E-state index contributed by atoms with van der Waals surface area (Å²) >= 11 is 0. The van der Waals surface area contributed by atoms with E-state index in [4.69, 9.17) is 0 Å². The zero-order valence-corrected chi connectivity index (χ0v) is 18.8. The topological polar surface area (TPSA) is 77.6 Å². The average molecular weight is 442 g/mol. The molecule has 2 amide bonds. The maximum absolute atomic E-state index is 12.8. The number of pyridine rings is 1. The largest absolute Gasteiger partial charge is 0.354 e. The number of amides is 2. The molecule has 1 fully saturated rings. The van der Waals surface area contributed by atoms with E-state index >= 15 is 0 Å². The Labute approximate surface area is 193 Å². The molecule has 1 aliphatic carbocycles. The number of fused-ring (bicyclic) bond motifs is 1. The molecule has 1 aliphatic heterocycles. The molecule has 0 bridgehead atoms. The number of aromatic nitrogens is 1. The quantitative estimate of drug-likeness (QED) is 0.603. The van der Waals surface area contributed by atoms with Gasteiger partial charge in [0, 0.05) is 37.0 Å². The van der Waals surface area contributed by atoms with Gasteiger partial charge < -0.3 is 20.4 Å². The first kappa shape index (κ1) is 21.0. The number of hydrogen-bond donors (Lipinski definition) is 2. The van der Waals surface area contributed by atoms with Crippen LogP contribution in [0.2, 0.25) is 0 Å². The molecule has 1 saturated carbocycles. The van der Waals surface area contributed by atoms with Crippen LogP contribution in [0.4, 0.5) is 22.9 Å². The van der Waals surface area contributed by atoms with Gasteiger partial charge in [-0.05, 0) is 43.5 Å². The Hall–Kier alpha value is -3.87. The SMILES string of the molecule is CC1C(=O)N(C)c2cnc(Nc3cccc(C(=O)NC4CC4)c3)cc2N1Cc1ccccc1. The zero-order chi connectivity index (χ0) is 22.9. The molecule has 2 aliphatic rings. The fourth-order valence-corrected chi connectivity index (χ4v) is 4.12. The molecule has 0 radical (unpaired) electrons. The lowest BCUT2D eigenvalue weighted by Crippen LogP contribution is -2.50. The van der Waals surface area contributed by atoms with Gasteiger partial charge in [-0.1, -0.05) is 36.4 Å². The third-order valence-corrected chi connectivity index (χ3v) is 6.19. The van der Waals surface area contributed by atoms with Crippen molar-refractivity contribution in [2.24, 2.45) is 0 Å². The number of likely N-dealkylation sites (N-methyl/N-ethyl adjacent to an activating group) is 1. The van der Waals surface area contributed by atoms with Crippen molar-refractivity contribution in [3.63, 3.8) is 0 Å². The fraction of sp³-hybridized carbons (Fsp3) is 0.269. The van der Waals surface area contributed by atoms with Crippen molar-refractivity contribution in [1.82, 2.24) is 10.3 Å². The number of benzene rings is 2. The molecule has 2 N–H and O–H groups in total. The summed E-state index contributed by atoms with van der Waals surface area (Å²) in [7, 11) is 1.79. The Morgan fingerprint density at radius 3 is 2.61 bits per heavy atom. The Balaban J connectivity index is 1.43. The third kappa shape index (κ3) is 4.39. The summed E-state index contributed by atoms with van der Waals surface area (Å²) in [6, 6.07) is 19.5. The van der Waals surface area contributed by atoms with E-state index in [-0.39, 0.29) is 17.9 Å². The van der Waals surface area contributed by atoms with E-state index in [1.54, 1.807) is 18.1 Å². The Kier molecular flexibility index (Phi) is 5.46. The van der Waals surface area contributed by atoms with E-state index < -0.39 is 0 Å². The minimum absolute atomic E-state index is 0.0373. The standard InChI is InChI=1S/C26H27N5O2/c1-17-26(33)30(2)23-15-27-24(14-22(23)31(17)16-18-7-4-3-5-8-18)28-21-10-6-9-19(13-21)25(32)29-20-11-12-20/h3-10,13-15,17,20H,11-12,16H2,1-2H3,(H,27,28)(H,29,32). The number of anilines is 4. The summed E-state index contributed by atoms with van der Waals surface area (Å²) in [4.78, 5) is 33.6. The van der Waals surface area contributed by atoms with E-state index in [2.05, 4.69) is 32.7 Å². The normalized spacial score (nSPS) is 17.5. The fourth-order valence-electron chi connectivity index (χ4n) is 4.12. The molecule has 1 atom stereocenters. The lowest BCUT2D eigenvalue weighted by molar-refractivity contribution is -0.119. The summed E-state index contributed by atoms with van der Waals surface area (Å²) in [5.74, 6) is 0.638. The van der Waals surface area contributed by atoms with E-state index in [0.717, 1.165) is 35.5 Å². The van der Waals surface area contributed by atoms with Gasteiger partial charge in [-0.3, -0.25) is 9.59 Å². The first-order chi connectivity index (χ1) is 16.0. The highest BCUT2D eigenvalue weighted by molar-refractivity contribution is 6.05. The summed E-state index contributed by atoms with van der Waals surface area (Å²) in [6.45, 7) is 2.55. The van der Waals surface area contributed by atoms with Crippen molar-refractivity contribution >= 4 is 34.7 Å². The van der Waals surface area contributed by atoms with Crippen LogP contribution in [0.5, 0.6) is 0 Å². The van der Waals surface area contributed by atoms with Crippen molar-refractivity contribution in [1.29, 1.82) is 0 Å². The van der Waals surface area contributed by atoms with Crippen molar-refractivity contribution < 1.29 is 9.59 Å². The molecule has 0 spiro atoms. The lowest BCUT2D eigenvalue weighted by Gasteiger charge is -2.40. The van der Waals surface area contributed by atoms with Gasteiger partial charge in [0.15, 0.2) is 0 Å². The van der Waals surface area contributed by atoms with Crippen molar-refractivity contribution in [3.05, 3.63) is 78.0 Å². The molecule has 7 heteroatoms. The first-order valence-electron chi connectivity index (χ1n) is 11.3. The number of nitrogens with zero attached hydrogens (tertiary/aromatic N) is 3. The maximum Gasteiger partial charge on any atom is 0.251 e. The van der Waals surface area contributed by atoms with Gasteiger partial charge in [0.05, 0.1) is 17.6 Å². The molecule has 3 aromatic rings. The molecule has 5 rings (SSSR count). The van der Waals surface area contributed by atoms with Crippen LogP contribution in [0.3, 0.4) is 0 Å². The summed E-state index contributed by atoms with van der Waals surface area (Å²) in [5.41, 5.74) is 4.25. The number of rotatable bonds is 6. The van der Waals surface area contributed by atoms with Gasteiger partial charge in [0.1, 0.15) is 11.9 Å². The first-order valence-corrected chi connectivity index (χ1v) is 11.3. The van der Waals surface area contributed by atoms with Crippen LogP contribution in [0, 0.1) is 0 Å². The van der Waals surface area contributed by atoms with Crippen molar-refractivity contribution in [2.75, 3.05) is 22.2 Å². The van der Waals surface area contributed by atoms with Gasteiger partial charge in [0.25, 0.3) is 5.91 Å². The number of carbonyl (C=O) groups is 2. The van der Waals surface area contributed by atoms with Gasteiger partial charge >= 0.3 is 0 Å². The Bertz CT molecular complexity index is 1190. The second kappa shape index (κ2) is 8.58. The van der Waals surface area contributed by atoms with E-state index in [9.17, 15) is 9.59 Å². The Morgan fingerprint density at radius 2 is 1.85 bits per heavy atom. The van der Waals surface area contributed by atoms with Crippen molar-refractivity contribution in [3.8, 4) is 0 Å². The van der Waals surface area contributed by atoms with Crippen LogP contribution >= 0.6 is 0 Å². The predicted octanol–water partition coefficient (Wildman–Crippen LogP) is 4.09. The second-order valence-electron chi connectivity index (χ2n) is 8.70. The van der Waals surface area contributed by atoms with E-state index in [1.165, 1.54) is 0 Å². The minimum atomic E-state index is -0.299. The monoisotopic (exact) mass is 441 g/mol. The van der Waals surface area contributed by atoms with Crippen LogP contribution in [0.25, 0.3) is 0 Å². The second-order valence-corrected chi connectivity index (χ2v) is 8.70. The molecule has 1 unspecified atom stereocenters. The molecule has 33 heavy (non-hydrogen) atoms. The molecule has 2 heterocycles. The van der Waals surface area contributed by atoms with E-state index in [1.807, 2.05) is 55.5 Å². The average Bonchev–Trinajstić information content (AvgIpc) is 3.65. The van der Waals surface area contributed by atoms with Crippen LogP contribution in [0.15, 0.2) is 66.9 Å². The highest BCUT2D eigenvalue weighted by Crippen LogP contribution is 2.37. The smallest absolute Gasteiger partial charge is 0.251 e. The molecule has 168 valence electrons.